The third kappa shape index (κ3) is 5.77. The van der Waals surface area contributed by atoms with E-state index in [1.54, 1.807) is 24.3 Å². The van der Waals surface area contributed by atoms with Crippen molar-refractivity contribution >= 4 is 31.8 Å². The molecule has 1 N–H and O–H groups in total. The molecule has 0 saturated carbocycles. The first-order chi connectivity index (χ1) is 11.8. The van der Waals surface area contributed by atoms with Crippen molar-refractivity contribution in [3.63, 3.8) is 0 Å². The number of nitriles is 1. The number of nitrogens with zero attached hydrogens (tertiary/aromatic N) is 4. The minimum atomic E-state index is -3.65. The van der Waals surface area contributed by atoms with E-state index in [2.05, 4.69) is 30.7 Å². The Balaban J connectivity index is 2.30. The van der Waals surface area contributed by atoms with Crippen LogP contribution in [0.2, 0.25) is 0 Å². The summed E-state index contributed by atoms with van der Waals surface area (Å²) in [6.07, 6.45) is 1.43. The van der Waals surface area contributed by atoms with Gasteiger partial charge in [-0.25, -0.2) is 13.4 Å². The molecule has 0 amide bonds. The van der Waals surface area contributed by atoms with Gasteiger partial charge in [-0.3, -0.25) is 5.01 Å². The van der Waals surface area contributed by atoms with Crippen LogP contribution < -0.4 is 9.84 Å². The maximum Gasteiger partial charge on any atom is 0.234 e. The number of nitrogens with one attached hydrogen (secondary N) is 1. The largest absolute Gasteiger partial charge is 0.277 e. The number of rotatable bonds is 7. The number of hydrazine groups is 1. The zero-order chi connectivity index (χ0) is 18.4. The number of anilines is 1. The van der Waals surface area contributed by atoms with Crippen LogP contribution in [0.3, 0.4) is 0 Å². The molecule has 0 bridgehead atoms. The van der Waals surface area contributed by atoms with Gasteiger partial charge in [0.05, 0.1) is 10.2 Å². The monoisotopic (exact) mass is 423 g/mol. The van der Waals surface area contributed by atoms with Crippen LogP contribution >= 0.6 is 15.9 Å². The summed E-state index contributed by atoms with van der Waals surface area (Å²) in [6, 6.07) is 10.8. The highest BCUT2D eigenvalue weighted by Crippen LogP contribution is 2.23. The lowest BCUT2D eigenvalue weighted by Crippen LogP contribution is -2.45. The first-order valence-corrected chi connectivity index (χ1v) is 9.99. The average Bonchev–Trinajstić information content (AvgIpc) is 2.54. The molecule has 1 aromatic heterocycles. The van der Waals surface area contributed by atoms with Crippen molar-refractivity contribution < 1.29 is 8.42 Å². The lowest BCUT2D eigenvalue weighted by atomic mass is 10.2. The summed E-state index contributed by atoms with van der Waals surface area (Å²) in [4.78, 5) is 10.5. The van der Waals surface area contributed by atoms with Gasteiger partial charge in [-0.15, -0.1) is 4.83 Å². The van der Waals surface area contributed by atoms with Gasteiger partial charge in [0.1, 0.15) is 6.07 Å². The number of aromatic nitrogens is 2. The molecule has 0 fully saturated rings. The van der Waals surface area contributed by atoms with Crippen LogP contribution in [0, 0.1) is 17.2 Å². The minimum absolute atomic E-state index is 0.0331. The summed E-state index contributed by atoms with van der Waals surface area (Å²) in [5.74, 6) is 0.272. The quantitative estimate of drug-likeness (QED) is 0.686. The molecule has 0 unspecified atom stereocenters. The van der Waals surface area contributed by atoms with Gasteiger partial charge in [-0.05, 0) is 27.4 Å². The van der Waals surface area contributed by atoms with Crippen LogP contribution in [0.4, 0.5) is 5.82 Å². The summed E-state index contributed by atoms with van der Waals surface area (Å²) in [6.45, 7) is 4.30. The van der Waals surface area contributed by atoms with Crippen LogP contribution in [0.25, 0.3) is 0 Å². The van der Waals surface area contributed by atoms with Crippen LogP contribution in [0.1, 0.15) is 25.2 Å². The van der Waals surface area contributed by atoms with E-state index in [1.807, 2.05) is 26.0 Å². The molecule has 0 radical (unpaired) electrons. The predicted molar refractivity (Wildman–Crippen MR) is 98.8 cm³/mol. The first-order valence-electron chi connectivity index (χ1n) is 7.55. The van der Waals surface area contributed by atoms with Crippen molar-refractivity contribution in [3.05, 3.63) is 52.4 Å². The molecular formula is C16H18BrN5O2S. The molecular weight excluding hydrogens is 406 g/mol. The molecule has 2 aromatic rings. The maximum atomic E-state index is 12.6. The lowest BCUT2D eigenvalue weighted by molar-refractivity contribution is 0.551. The average molecular weight is 424 g/mol. The molecule has 0 spiro atoms. The SMILES string of the molecule is CC(C)CN(NS(=O)(=O)Cc1ccccc1)c1nc(C#N)ncc1Br. The van der Waals surface area contributed by atoms with Crippen molar-refractivity contribution in [2.24, 2.45) is 5.92 Å². The van der Waals surface area contributed by atoms with Crippen molar-refractivity contribution in [3.8, 4) is 6.07 Å². The normalized spacial score (nSPS) is 11.3. The van der Waals surface area contributed by atoms with Crippen molar-refractivity contribution in [1.82, 2.24) is 14.8 Å². The van der Waals surface area contributed by atoms with Crippen LogP contribution in [0.15, 0.2) is 41.0 Å². The molecule has 1 aromatic carbocycles. The Morgan fingerprint density at radius 3 is 2.60 bits per heavy atom. The number of hydrogen-bond donors (Lipinski definition) is 1. The van der Waals surface area contributed by atoms with E-state index in [9.17, 15) is 8.42 Å². The van der Waals surface area contributed by atoms with E-state index in [-0.39, 0.29) is 17.5 Å². The maximum absolute atomic E-state index is 12.6. The van der Waals surface area contributed by atoms with Gasteiger partial charge >= 0.3 is 0 Å². The van der Waals surface area contributed by atoms with Crippen molar-refractivity contribution in [1.29, 1.82) is 5.26 Å². The Labute approximate surface area is 155 Å². The Morgan fingerprint density at radius 2 is 2.00 bits per heavy atom. The molecule has 0 atom stereocenters. The van der Waals surface area contributed by atoms with Crippen molar-refractivity contribution in [2.75, 3.05) is 11.6 Å². The van der Waals surface area contributed by atoms with Gasteiger partial charge in [0.25, 0.3) is 0 Å². The van der Waals surface area contributed by atoms with Gasteiger partial charge in [-0.1, -0.05) is 44.2 Å². The molecule has 0 saturated heterocycles. The van der Waals surface area contributed by atoms with E-state index in [4.69, 9.17) is 5.26 Å². The smallest absolute Gasteiger partial charge is 0.234 e. The molecule has 132 valence electrons. The molecule has 2 rings (SSSR count). The standard InChI is InChI=1S/C16H18BrN5O2S/c1-12(2)10-22(16-14(17)9-19-15(8-18)20-16)21-25(23,24)11-13-6-4-3-5-7-13/h3-7,9,12,21H,10-11H2,1-2H3. The summed E-state index contributed by atoms with van der Waals surface area (Å²) in [5, 5.41) is 10.4. The van der Waals surface area contributed by atoms with Crippen LogP contribution in [-0.2, 0) is 15.8 Å². The second-order valence-corrected chi connectivity index (χ2v) is 8.37. The fourth-order valence-corrected chi connectivity index (χ4v) is 3.72. The third-order valence-corrected chi connectivity index (χ3v) is 4.85. The molecule has 1 heterocycles. The highest BCUT2D eigenvalue weighted by Gasteiger charge is 2.21. The zero-order valence-electron chi connectivity index (χ0n) is 13.8. The second kappa shape index (κ2) is 8.38. The highest BCUT2D eigenvalue weighted by molar-refractivity contribution is 9.10. The van der Waals surface area contributed by atoms with Gasteiger partial charge in [0.15, 0.2) is 5.82 Å². The molecule has 0 aliphatic rings. The highest BCUT2D eigenvalue weighted by atomic mass is 79.9. The summed E-state index contributed by atoms with van der Waals surface area (Å²) in [5.41, 5.74) is 0.680. The summed E-state index contributed by atoms with van der Waals surface area (Å²) < 4.78 is 25.6. The Bertz CT molecular complexity index is 866. The predicted octanol–water partition coefficient (Wildman–Crippen LogP) is 2.61. The van der Waals surface area contributed by atoms with E-state index in [1.165, 1.54) is 11.2 Å². The fourth-order valence-electron chi connectivity index (χ4n) is 2.13. The van der Waals surface area contributed by atoms with E-state index >= 15 is 0 Å². The number of sulfonamides is 1. The van der Waals surface area contributed by atoms with E-state index in [0.717, 1.165) is 0 Å². The summed E-state index contributed by atoms with van der Waals surface area (Å²) >= 11 is 3.31. The zero-order valence-corrected chi connectivity index (χ0v) is 16.2. The topological polar surface area (TPSA) is 99.0 Å². The molecule has 9 heteroatoms. The molecule has 0 aliphatic heterocycles. The van der Waals surface area contributed by atoms with Crippen molar-refractivity contribution in [2.45, 2.75) is 19.6 Å². The molecule has 7 nitrogen and oxygen atoms in total. The minimum Gasteiger partial charge on any atom is -0.277 e. The summed E-state index contributed by atoms with van der Waals surface area (Å²) in [7, 11) is -3.65. The van der Waals surface area contributed by atoms with Gasteiger partial charge < -0.3 is 0 Å². The number of hydrogen-bond acceptors (Lipinski definition) is 6. The van der Waals surface area contributed by atoms with E-state index < -0.39 is 10.0 Å². The Morgan fingerprint density at radius 1 is 1.32 bits per heavy atom. The number of benzene rings is 1. The van der Waals surface area contributed by atoms with Gasteiger partial charge in [0, 0.05) is 12.7 Å². The van der Waals surface area contributed by atoms with Crippen LogP contribution in [0.5, 0.6) is 0 Å². The van der Waals surface area contributed by atoms with Gasteiger partial charge in [-0.2, -0.15) is 10.2 Å². The molecule has 0 aliphatic carbocycles. The van der Waals surface area contributed by atoms with Gasteiger partial charge in [0.2, 0.25) is 15.8 Å². The lowest BCUT2D eigenvalue weighted by Gasteiger charge is -2.26. The Hall–Kier alpha value is -2.02. The molecule has 25 heavy (non-hydrogen) atoms. The van der Waals surface area contributed by atoms with Crippen LogP contribution in [-0.4, -0.2) is 24.9 Å². The third-order valence-electron chi connectivity index (χ3n) is 3.08. The van der Waals surface area contributed by atoms with E-state index in [0.29, 0.717) is 22.4 Å². The number of halogens is 1. The first kappa shape index (κ1) is 19.3. The fraction of sp³-hybridized carbons (Fsp3) is 0.312. The Kier molecular flexibility index (Phi) is 6.47. The second-order valence-electron chi connectivity index (χ2n) is 5.82.